The van der Waals surface area contributed by atoms with E-state index >= 15 is 0 Å². The highest BCUT2D eigenvalue weighted by Gasteiger charge is 2.03. The lowest BCUT2D eigenvalue weighted by atomic mass is 10.3. The summed E-state index contributed by atoms with van der Waals surface area (Å²) in [6, 6.07) is 7.28. The van der Waals surface area contributed by atoms with Gasteiger partial charge >= 0.3 is 0 Å². The van der Waals surface area contributed by atoms with Crippen molar-refractivity contribution in [3.63, 3.8) is 0 Å². The third-order valence-corrected chi connectivity index (χ3v) is 2.34. The fourth-order valence-electron chi connectivity index (χ4n) is 1.11. The first-order chi connectivity index (χ1) is 7.65. The van der Waals surface area contributed by atoms with Gasteiger partial charge in [-0.25, -0.2) is 4.39 Å². The number of anilines is 2. The van der Waals surface area contributed by atoms with Crippen molar-refractivity contribution in [2.24, 2.45) is 0 Å². The summed E-state index contributed by atoms with van der Waals surface area (Å²) in [4.78, 5) is 0. The van der Waals surface area contributed by atoms with Crippen LogP contribution < -0.4 is 5.32 Å². The second-order valence-electron chi connectivity index (χ2n) is 2.99. The average molecular weight is 258 g/mol. The first-order valence-electron chi connectivity index (χ1n) is 4.36. The lowest BCUT2D eigenvalue weighted by molar-refractivity contribution is 0.628. The van der Waals surface area contributed by atoms with Gasteiger partial charge in [0.05, 0.1) is 10.7 Å². The molecule has 0 unspecified atom stereocenters. The molecule has 0 aliphatic heterocycles. The number of hydrogen-bond acceptors (Lipinski definition) is 3. The number of nitrogens with zero attached hydrogens (tertiary/aromatic N) is 2. The minimum Gasteiger partial charge on any atom is -0.338 e. The van der Waals surface area contributed by atoms with E-state index in [-0.39, 0.29) is 5.02 Å². The van der Waals surface area contributed by atoms with Gasteiger partial charge in [-0.2, -0.15) is 0 Å². The van der Waals surface area contributed by atoms with Crippen molar-refractivity contribution >= 4 is 34.7 Å². The number of nitrogens with one attached hydrogen (secondary N) is 1. The first kappa shape index (κ1) is 11.1. The Labute approximate surface area is 101 Å². The van der Waals surface area contributed by atoms with Crippen LogP contribution in [0.25, 0.3) is 0 Å². The van der Waals surface area contributed by atoms with Crippen LogP contribution in [-0.4, -0.2) is 10.2 Å². The van der Waals surface area contributed by atoms with Gasteiger partial charge in [0.2, 0.25) is 0 Å². The van der Waals surface area contributed by atoms with E-state index in [1.807, 2.05) is 0 Å². The lowest BCUT2D eigenvalue weighted by Crippen LogP contribution is -1.96. The number of halogens is 3. The summed E-state index contributed by atoms with van der Waals surface area (Å²) in [5, 5.41) is 10.9. The van der Waals surface area contributed by atoms with Crippen LogP contribution in [0.2, 0.25) is 10.2 Å². The molecule has 1 N–H and O–H groups in total. The van der Waals surface area contributed by atoms with E-state index < -0.39 is 5.82 Å². The summed E-state index contributed by atoms with van der Waals surface area (Å²) < 4.78 is 12.8. The van der Waals surface area contributed by atoms with Crippen LogP contribution in [-0.2, 0) is 0 Å². The molecule has 0 saturated heterocycles. The number of aromatic nitrogens is 2. The summed E-state index contributed by atoms with van der Waals surface area (Å²) in [5.74, 6) is 0.0932. The Morgan fingerprint density at radius 3 is 2.50 bits per heavy atom. The number of rotatable bonds is 2. The topological polar surface area (TPSA) is 37.8 Å². The average Bonchev–Trinajstić information content (AvgIpc) is 2.25. The third-order valence-electron chi connectivity index (χ3n) is 1.83. The van der Waals surface area contributed by atoms with Crippen molar-refractivity contribution in [3.8, 4) is 0 Å². The highest BCUT2D eigenvalue weighted by Crippen LogP contribution is 2.25. The van der Waals surface area contributed by atoms with Crippen LogP contribution in [0.4, 0.5) is 15.9 Å². The van der Waals surface area contributed by atoms with E-state index in [0.29, 0.717) is 16.7 Å². The van der Waals surface area contributed by atoms with Crippen molar-refractivity contribution in [2.75, 3.05) is 5.32 Å². The van der Waals surface area contributed by atoms with Crippen molar-refractivity contribution in [3.05, 3.63) is 46.3 Å². The molecule has 2 aromatic rings. The van der Waals surface area contributed by atoms with E-state index in [1.54, 1.807) is 12.1 Å². The molecule has 1 aromatic heterocycles. The maximum atomic E-state index is 12.8. The van der Waals surface area contributed by atoms with Crippen molar-refractivity contribution in [2.45, 2.75) is 0 Å². The molecule has 0 bridgehead atoms. The fourth-order valence-corrected chi connectivity index (χ4v) is 1.43. The summed E-state index contributed by atoms with van der Waals surface area (Å²) in [5.41, 5.74) is 0.555. The predicted molar refractivity (Wildman–Crippen MR) is 61.7 cm³/mol. The summed E-state index contributed by atoms with van der Waals surface area (Å²) in [6.07, 6.45) is 0. The maximum Gasteiger partial charge on any atom is 0.153 e. The van der Waals surface area contributed by atoms with Crippen LogP contribution >= 0.6 is 23.2 Å². The van der Waals surface area contributed by atoms with Gasteiger partial charge in [-0.15, -0.1) is 10.2 Å². The maximum absolute atomic E-state index is 12.8. The molecule has 82 valence electrons. The van der Waals surface area contributed by atoms with Gasteiger partial charge in [-0.3, -0.25) is 0 Å². The Bertz CT molecular complexity index is 502. The van der Waals surface area contributed by atoms with Crippen LogP contribution in [0.5, 0.6) is 0 Å². The Morgan fingerprint density at radius 2 is 1.88 bits per heavy atom. The van der Waals surface area contributed by atoms with Crippen molar-refractivity contribution < 1.29 is 4.39 Å². The van der Waals surface area contributed by atoms with Crippen LogP contribution in [0.3, 0.4) is 0 Å². The molecule has 16 heavy (non-hydrogen) atoms. The molecule has 0 atom stereocenters. The Morgan fingerprint density at radius 1 is 1.06 bits per heavy atom. The highest BCUT2D eigenvalue weighted by atomic mass is 35.5. The Kier molecular flexibility index (Phi) is 3.22. The summed E-state index contributed by atoms with van der Waals surface area (Å²) in [6.45, 7) is 0. The minimum atomic E-state index is -0.391. The van der Waals surface area contributed by atoms with Gasteiger partial charge in [0.15, 0.2) is 11.0 Å². The zero-order valence-electron chi connectivity index (χ0n) is 7.92. The third kappa shape index (κ3) is 2.59. The molecule has 0 radical (unpaired) electrons. The molecule has 0 fully saturated rings. The zero-order chi connectivity index (χ0) is 11.5. The Hall–Kier alpha value is -1.39. The summed E-state index contributed by atoms with van der Waals surface area (Å²) >= 11 is 11.4. The normalized spacial score (nSPS) is 10.2. The largest absolute Gasteiger partial charge is 0.338 e. The molecule has 0 saturated carbocycles. The molecular formula is C10H6Cl2FN3. The number of benzene rings is 1. The minimum absolute atomic E-state index is 0.275. The molecular weight excluding hydrogens is 252 g/mol. The lowest BCUT2D eigenvalue weighted by Gasteiger charge is -2.06. The quantitative estimate of drug-likeness (QED) is 0.893. The molecule has 3 nitrogen and oxygen atoms in total. The Balaban J connectivity index is 2.23. The van der Waals surface area contributed by atoms with Crippen LogP contribution in [0.1, 0.15) is 0 Å². The molecule has 6 heteroatoms. The molecule has 0 aliphatic rings. The van der Waals surface area contributed by atoms with Gasteiger partial charge in [0.1, 0.15) is 5.82 Å². The molecule has 1 heterocycles. The number of hydrogen-bond donors (Lipinski definition) is 1. The van der Waals surface area contributed by atoms with Gasteiger partial charge < -0.3 is 5.32 Å². The van der Waals surface area contributed by atoms with E-state index in [4.69, 9.17) is 23.2 Å². The smallest absolute Gasteiger partial charge is 0.153 e. The van der Waals surface area contributed by atoms with Crippen LogP contribution in [0.15, 0.2) is 30.3 Å². The van der Waals surface area contributed by atoms with Crippen molar-refractivity contribution in [1.82, 2.24) is 10.2 Å². The monoisotopic (exact) mass is 257 g/mol. The SMILES string of the molecule is Fc1ccc(Nc2ccc(Cl)nn2)c(Cl)c1. The van der Waals surface area contributed by atoms with E-state index in [0.717, 1.165) is 0 Å². The fraction of sp³-hybridized carbons (Fsp3) is 0. The van der Waals surface area contributed by atoms with Gasteiger partial charge in [-0.1, -0.05) is 23.2 Å². The second-order valence-corrected chi connectivity index (χ2v) is 3.78. The van der Waals surface area contributed by atoms with Gasteiger partial charge in [0, 0.05) is 0 Å². The molecule has 0 amide bonds. The second kappa shape index (κ2) is 4.63. The van der Waals surface area contributed by atoms with E-state index in [1.165, 1.54) is 18.2 Å². The van der Waals surface area contributed by atoms with Gasteiger partial charge in [-0.05, 0) is 30.3 Å². The molecule has 0 aliphatic carbocycles. The molecule has 2 rings (SSSR count). The van der Waals surface area contributed by atoms with Gasteiger partial charge in [0.25, 0.3) is 0 Å². The van der Waals surface area contributed by atoms with Crippen molar-refractivity contribution in [1.29, 1.82) is 0 Å². The van der Waals surface area contributed by atoms with Crippen LogP contribution in [0, 0.1) is 5.82 Å². The zero-order valence-corrected chi connectivity index (χ0v) is 9.43. The van der Waals surface area contributed by atoms with E-state index in [2.05, 4.69) is 15.5 Å². The standard InChI is InChI=1S/C10H6Cl2FN3/c11-7-5-6(13)1-2-8(7)14-10-4-3-9(12)15-16-10/h1-5H,(H,14,16). The predicted octanol–water partition coefficient (Wildman–Crippen LogP) is 3.67. The molecule has 1 aromatic carbocycles. The van der Waals surface area contributed by atoms with E-state index in [9.17, 15) is 4.39 Å². The summed E-state index contributed by atoms with van der Waals surface area (Å²) in [7, 11) is 0. The highest BCUT2D eigenvalue weighted by molar-refractivity contribution is 6.33. The molecule has 0 spiro atoms. The first-order valence-corrected chi connectivity index (χ1v) is 5.12.